The van der Waals surface area contributed by atoms with Crippen molar-refractivity contribution in [1.82, 2.24) is 14.5 Å². The molecular weight excluding hydrogens is 420 g/mol. The Morgan fingerprint density at radius 3 is 2.75 bits per heavy atom. The molecule has 0 fully saturated rings. The van der Waals surface area contributed by atoms with Gasteiger partial charge in [0.2, 0.25) is 5.91 Å². The second-order valence-electron chi connectivity index (χ2n) is 7.73. The standard InChI is InChI=1S/C25H22N4O2S/c30-23(28-14-6-9-19-8-1-4-12-22(19)28)17-32-25-27-21-11-3-2-10-20(21)24(31)29(25)16-18-7-5-13-26-15-18/h1-5,7-8,10-13,15H,6,9,14,16-17H2. The molecule has 160 valence electrons. The first-order valence-corrected chi connectivity index (χ1v) is 11.6. The molecule has 0 saturated carbocycles. The number of para-hydroxylation sites is 2. The second kappa shape index (κ2) is 8.96. The number of carbonyl (C=O) groups excluding carboxylic acids is 1. The molecule has 0 saturated heterocycles. The first-order valence-electron chi connectivity index (χ1n) is 10.6. The lowest BCUT2D eigenvalue weighted by Gasteiger charge is -2.29. The Bertz CT molecular complexity index is 1340. The first-order chi connectivity index (χ1) is 15.7. The van der Waals surface area contributed by atoms with E-state index in [1.807, 2.05) is 53.4 Å². The highest BCUT2D eigenvalue weighted by atomic mass is 32.2. The molecule has 2 aromatic carbocycles. The van der Waals surface area contributed by atoms with E-state index in [1.54, 1.807) is 23.0 Å². The molecule has 1 aliphatic rings. The molecule has 0 spiro atoms. The van der Waals surface area contributed by atoms with Gasteiger partial charge in [0.05, 0.1) is 23.2 Å². The van der Waals surface area contributed by atoms with Gasteiger partial charge in [0.25, 0.3) is 5.56 Å². The molecular formula is C25H22N4O2S. The van der Waals surface area contributed by atoms with Crippen LogP contribution in [0.5, 0.6) is 0 Å². The average molecular weight is 443 g/mol. The fourth-order valence-corrected chi connectivity index (χ4v) is 4.94. The number of pyridine rings is 1. The number of anilines is 1. The van der Waals surface area contributed by atoms with Gasteiger partial charge in [0.15, 0.2) is 5.16 Å². The fourth-order valence-electron chi connectivity index (χ4n) is 4.07. The van der Waals surface area contributed by atoms with Crippen LogP contribution in [0.2, 0.25) is 0 Å². The molecule has 1 amide bonds. The predicted molar refractivity (Wildman–Crippen MR) is 127 cm³/mol. The molecule has 32 heavy (non-hydrogen) atoms. The maximum atomic E-state index is 13.3. The quantitative estimate of drug-likeness (QED) is 0.346. The normalized spacial score (nSPS) is 13.2. The van der Waals surface area contributed by atoms with Crippen LogP contribution in [-0.2, 0) is 17.8 Å². The van der Waals surface area contributed by atoms with Gasteiger partial charge < -0.3 is 4.90 Å². The predicted octanol–water partition coefficient (Wildman–Crippen LogP) is 3.91. The Kier molecular flexibility index (Phi) is 5.73. The number of hydrogen-bond donors (Lipinski definition) is 0. The Morgan fingerprint density at radius 2 is 1.88 bits per heavy atom. The van der Waals surface area contributed by atoms with Crippen molar-refractivity contribution in [2.24, 2.45) is 0 Å². The number of rotatable bonds is 5. The second-order valence-corrected chi connectivity index (χ2v) is 8.67. The summed E-state index contributed by atoms with van der Waals surface area (Å²) >= 11 is 1.31. The molecule has 5 rings (SSSR count). The molecule has 1 aliphatic heterocycles. The highest BCUT2D eigenvalue weighted by Crippen LogP contribution is 2.28. The van der Waals surface area contributed by atoms with Gasteiger partial charge >= 0.3 is 0 Å². The molecule has 0 N–H and O–H groups in total. The number of aromatic nitrogens is 3. The molecule has 6 nitrogen and oxygen atoms in total. The molecule has 7 heteroatoms. The lowest BCUT2D eigenvalue weighted by molar-refractivity contribution is -0.116. The summed E-state index contributed by atoms with van der Waals surface area (Å²) in [5, 5.41) is 1.10. The highest BCUT2D eigenvalue weighted by Gasteiger charge is 2.23. The Balaban J connectivity index is 1.45. The summed E-state index contributed by atoms with van der Waals surface area (Å²) in [7, 11) is 0. The lowest BCUT2D eigenvalue weighted by atomic mass is 10.0. The smallest absolute Gasteiger partial charge is 0.262 e. The van der Waals surface area contributed by atoms with Gasteiger partial charge in [-0.05, 0) is 48.2 Å². The van der Waals surface area contributed by atoms with Crippen LogP contribution in [0.15, 0.2) is 83.0 Å². The third-order valence-corrected chi connectivity index (χ3v) is 6.59. The largest absolute Gasteiger partial charge is 0.311 e. The van der Waals surface area contributed by atoms with Crippen molar-refractivity contribution in [3.63, 3.8) is 0 Å². The van der Waals surface area contributed by atoms with Crippen LogP contribution >= 0.6 is 11.8 Å². The molecule has 0 bridgehead atoms. The van der Waals surface area contributed by atoms with Crippen molar-refractivity contribution in [2.45, 2.75) is 24.5 Å². The Hall–Kier alpha value is -3.45. The van der Waals surface area contributed by atoms with E-state index in [1.165, 1.54) is 17.3 Å². The van der Waals surface area contributed by atoms with Gasteiger partial charge in [0, 0.05) is 24.6 Å². The minimum Gasteiger partial charge on any atom is -0.311 e. The lowest BCUT2D eigenvalue weighted by Crippen LogP contribution is -2.36. The zero-order chi connectivity index (χ0) is 21.9. The monoisotopic (exact) mass is 442 g/mol. The van der Waals surface area contributed by atoms with E-state index in [9.17, 15) is 9.59 Å². The van der Waals surface area contributed by atoms with Crippen LogP contribution in [0.25, 0.3) is 10.9 Å². The van der Waals surface area contributed by atoms with Crippen LogP contribution in [0.1, 0.15) is 17.5 Å². The van der Waals surface area contributed by atoms with E-state index in [4.69, 9.17) is 4.98 Å². The summed E-state index contributed by atoms with van der Waals surface area (Å²) in [5.41, 5.74) is 3.62. The number of aryl methyl sites for hydroxylation is 1. The molecule has 0 atom stereocenters. The van der Waals surface area contributed by atoms with Gasteiger partial charge in [0.1, 0.15) is 0 Å². The number of benzene rings is 2. The van der Waals surface area contributed by atoms with Gasteiger partial charge in [-0.25, -0.2) is 4.98 Å². The van der Waals surface area contributed by atoms with Gasteiger partial charge in [-0.15, -0.1) is 0 Å². The molecule has 4 aromatic rings. The number of amides is 1. The van der Waals surface area contributed by atoms with Crippen LogP contribution in [-0.4, -0.2) is 32.7 Å². The van der Waals surface area contributed by atoms with Crippen LogP contribution in [0.3, 0.4) is 0 Å². The number of thioether (sulfide) groups is 1. The number of carbonyl (C=O) groups is 1. The van der Waals surface area contributed by atoms with E-state index >= 15 is 0 Å². The van der Waals surface area contributed by atoms with Gasteiger partial charge in [-0.3, -0.25) is 19.1 Å². The summed E-state index contributed by atoms with van der Waals surface area (Å²) in [6, 6.07) is 19.2. The highest BCUT2D eigenvalue weighted by molar-refractivity contribution is 7.99. The van der Waals surface area contributed by atoms with E-state index in [2.05, 4.69) is 11.1 Å². The zero-order valence-corrected chi connectivity index (χ0v) is 18.3. The maximum absolute atomic E-state index is 13.3. The first kappa shape index (κ1) is 20.5. The van der Waals surface area contributed by atoms with Crippen molar-refractivity contribution in [2.75, 3.05) is 17.2 Å². The van der Waals surface area contributed by atoms with E-state index in [0.29, 0.717) is 29.1 Å². The number of hydrogen-bond acceptors (Lipinski definition) is 5. The number of fused-ring (bicyclic) bond motifs is 2. The summed E-state index contributed by atoms with van der Waals surface area (Å²) in [6.45, 7) is 1.07. The topological polar surface area (TPSA) is 68.1 Å². The Labute approximate surface area is 189 Å². The van der Waals surface area contributed by atoms with E-state index in [-0.39, 0.29) is 17.2 Å². The maximum Gasteiger partial charge on any atom is 0.262 e. The van der Waals surface area contributed by atoms with Crippen molar-refractivity contribution >= 4 is 34.3 Å². The molecule has 0 aliphatic carbocycles. The minimum absolute atomic E-state index is 0.0254. The van der Waals surface area contributed by atoms with Gasteiger partial charge in [-0.2, -0.15) is 0 Å². The minimum atomic E-state index is -0.113. The van der Waals surface area contributed by atoms with Gasteiger partial charge in [-0.1, -0.05) is 48.2 Å². The van der Waals surface area contributed by atoms with Crippen molar-refractivity contribution < 1.29 is 4.79 Å². The summed E-state index contributed by atoms with van der Waals surface area (Å²) in [6.07, 6.45) is 5.39. The third kappa shape index (κ3) is 4.03. The summed E-state index contributed by atoms with van der Waals surface area (Å²) in [4.78, 5) is 37.1. The van der Waals surface area contributed by atoms with Crippen molar-refractivity contribution in [3.8, 4) is 0 Å². The summed E-state index contributed by atoms with van der Waals surface area (Å²) < 4.78 is 1.64. The van der Waals surface area contributed by atoms with Crippen molar-refractivity contribution in [3.05, 3.63) is 94.5 Å². The summed E-state index contributed by atoms with van der Waals surface area (Å²) in [5.74, 6) is 0.240. The third-order valence-electron chi connectivity index (χ3n) is 5.63. The van der Waals surface area contributed by atoms with E-state index in [0.717, 1.165) is 24.1 Å². The van der Waals surface area contributed by atoms with Crippen molar-refractivity contribution in [1.29, 1.82) is 0 Å². The molecule has 2 aromatic heterocycles. The molecule has 0 unspecified atom stereocenters. The van der Waals surface area contributed by atoms with E-state index < -0.39 is 0 Å². The molecule has 0 radical (unpaired) electrons. The fraction of sp³-hybridized carbons (Fsp3) is 0.200. The van der Waals surface area contributed by atoms with Crippen LogP contribution in [0.4, 0.5) is 5.69 Å². The molecule has 3 heterocycles. The number of nitrogens with zero attached hydrogens (tertiary/aromatic N) is 4. The SMILES string of the molecule is O=C(CSc1nc2ccccc2c(=O)n1Cc1cccnc1)N1CCCc2ccccc21. The Morgan fingerprint density at radius 1 is 1.03 bits per heavy atom. The average Bonchev–Trinajstić information content (AvgIpc) is 2.85. The zero-order valence-electron chi connectivity index (χ0n) is 17.5. The van der Waals surface area contributed by atoms with Crippen LogP contribution in [0, 0.1) is 0 Å². The van der Waals surface area contributed by atoms with Crippen LogP contribution < -0.4 is 10.5 Å².